The van der Waals surface area contributed by atoms with E-state index in [1.165, 1.54) is 0 Å². The van der Waals surface area contributed by atoms with Crippen LogP contribution in [0.2, 0.25) is 0 Å². The molecule has 2 N–H and O–H groups in total. The van der Waals surface area contributed by atoms with E-state index >= 15 is 0 Å². The first-order valence-corrected chi connectivity index (χ1v) is 8.24. The van der Waals surface area contributed by atoms with Crippen molar-refractivity contribution in [3.8, 4) is 5.75 Å². The van der Waals surface area contributed by atoms with E-state index in [2.05, 4.69) is 0 Å². The highest BCUT2D eigenvalue weighted by Gasteiger charge is 2.09. The van der Waals surface area contributed by atoms with Crippen molar-refractivity contribution in [2.45, 2.75) is 26.2 Å². The number of hydrogen-bond donors (Lipinski definition) is 2. The number of hydrogen-bond acceptors (Lipinski definition) is 3. The van der Waals surface area contributed by atoms with Gasteiger partial charge in [-0.3, -0.25) is 4.79 Å². The second-order valence-corrected chi connectivity index (χ2v) is 5.96. The lowest BCUT2D eigenvalue weighted by Crippen LogP contribution is -2.09. The Kier molecular flexibility index (Phi) is 6.82. The zero-order chi connectivity index (χ0) is 17.4. The number of rotatable bonds is 9. The largest absolute Gasteiger partial charge is 0.489 e. The summed E-state index contributed by atoms with van der Waals surface area (Å²) in [5.74, 6) is -0.296. The van der Waals surface area contributed by atoms with E-state index in [1.807, 2.05) is 48.5 Å². The molecule has 0 heterocycles. The van der Waals surface area contributed by atoms with Gasteiger partial charge in [0.1, 0.15) is 12.4 Å². The Hall–Kier alpha value is -2.33. The topological polar surface area (TPSA) is 66.8 Å². The lowest BCUT2D eigenvalue weighted by molar-refractivity contribution is -0.141. The Morgan fingerprint density at radius 3 is 2.71 bits per heavy atom. The number of aliphatic hydroxyl groups excluding tert-OH is 1. The van der Waals surface area contributed by atoms with Crippen molar-refractivity contribution >= 4 is 16.7 Å². The molecule has 0 radical (unpaired) electrons. The summed E-state index contributed by atoms with van der Waals surface area (Å²) in [6, 6.07) is 13.9. The number of aliphatic carboxylic acids is 1. The van der Waals surface area contributed by atoms with Crippen LogP contribution >= 0.6 is 0 Å². The van der Waals surface area contributed by atoms with Gasteiger partial charge in [0.15, 0.2) is 0 Å². The summed E-state index contributed by atoms with van der Waals surface area (Å²) in [5, 5.41) is 20.5. The highest BCUT2D eigenvalue weighted by atomic mass is 16.5. The molecule has 2 aromatic carbocycles. The summed E-state index contributed by atoms with van der Waals surface area (Å²) in [7, 11) is 0. The van der Waals surface area contributed by atoms with E-state index in [1.54, 1.807) is 6.92 Å². The maximum Gasteiger partial charge on any atom is 0.306 e. The zero-order valence-electron chi connectivity index (χ0n) is 13.9. The molecule has 0 aromatic heterocycles. The molecule has 0 aliphatic carbocycles. The quantitative estimate of drug-likeness (QED) is 0.539. The zero-order valence-corrected chi connectivity index (χ0v) is 13.9. The Labute approximate surface area is 142 Å². The van der Waals surface area contributed by atoms with E-state index < -0.39 is 5.97 Å². The highest BCUT2D eigenvalue weighted by molar-refractivity contribution is 5.88. The second kappa shape index (κ2) is 9.08. The average molecular weight is 328 g/mol. The second-order valence-electron chi connectivity index (χ2n) is 5.96. The van der Waals surface area contributed by atoms with E-state index in [0.717, 1.165) is 34.9 Å². The molecule has 24 heavy (non-hydrogen) atoms. The molecule has 0 spiro atoms. The number of fused-ring (bicyclic) bond motifs is 1. The van der Waals surface area contributed by atoms with Crippen molar-refractivity contribution in [2.24, 2.45) is 5.92 Å². The molecular formula is C20H24O4. The van der Waals surface area contributed by atoms with Crippen LogP contribution in [0, 0.1) is 5.92 Å². The summed E-state index contributed by atoms with van der Waals surface area (Å²) in [6.45, 7) is 1.99. The molecule has 0 amide bonds. The predicted molar refractivity (Wildman–Crippen MR) is 95.3 cm³/mol. The van der Waals surface area contributed by atoms with Gasteiger partial charge >= 0.3 is 5.97 Å². The SMILES string of the molecule is CC(CCCC=C(CO)COc1cccc2ccccc12)C(=O)O. The highest BCUT2D eigenvalue weighted by Crippen LogP contribution is 2.25. The smallest absolute Gasteiger partial charge is 0.306 e. The summed E-state index contributed by atoms with van der Waals surface area (Å²) in [5.41, 5.74) is 0.811. The molecule has 4 heteroatoms. The van der Waals surface area contributed by atoms with E-state index in [0.29, 0.717) is 13.0 Å². The van der Waals surface area contributed by atoms with Crippen molar-refractivity contribution < 1.29 is 19.7 Å². The van der Waals surface area contributed by atoms with E-state index in [4.69, 9.17) is 9.84 Å². The maximum absolute atomic E-state index is 10.8. The lowest BCUT2D eigenvalue weighted by Gasteiger charge is -2.11. The van der Waals surface area contributed by atoms with Crippen LogP contribution in [0.3, 0.4) is 0 Å². The van der Waals surface area contributed by atoms with Crippen LogP contribution in [0.15, 0.2) is 54.1 Å². The van der Waals surface area contributed by atoms with E-state index in [9.17, 15) is 9.90 Å². The van der Waals surface area contributed by atoms with Crippen LogP contribution in [0.5, 0.6) is 5.75 Å². The first-order valence-electron chi connectivity index (χ1n) is 8.24. The molecule has 1 atom stereocenters. The number of allylic oxidation sites excluding steroid dienone is 1. The number of carboxylic acids is 1. The van der Waals surface area contributed by atoms with Crippen molar-refractivity contribution in [1.29, 1.82) is 0 Å². The molecule has 0 saturated heterocycles. The van der Waals surface area contributed by atoms with Gasteiger partial charge in [0.25, 0.3) is 0 Å². The van der Waals surface area contributed by atoms with Gasteiger partial charge in [0.2, 0.25) is 0 Å². The van der Waals surface area contributed by atoms with Gasteiger partial charge in [-0.15, -0.1) is 0 Å². The van der Waals surface area contributed by atoms with Crippen molar-refractivity contribution in [1.82, 2.24) is 0 Å². The Balaban J connectivity index is 1.90. The first-order chi connectivity index (χ1) is 11.6. The predicted octanol–water partition coefficient (Wildman–Crippen LogP) is 4.03. The number of benzene rings is 2. The molecule has 4 nitrogen and oxygen atoms in total. The Bertz CT molecular complexity index is 700. The van der Waals surface area contributed by atoms with Crippen LogP contribution in [0.1, 0.15) is 26.2 Å². The summed E-state index contributed by atoms with van der Waals surface area (Å²) in [6.07, 6.45) is 4.10. The summed E-state index contributed by atoms with van der Waals surface area (Å²) < 4.78 is 5.87. The minimum absolute atomic E-state index is 0.0563. The van der Waals surface area contributed by atoms with Gasteiger partial charge in [0.05, 0.1) is 12.5 Å². The Morgan fingerprint density at radius 2 is 1.96 bits per heavy atom. The molecule has 0 bridgehead atoms. The number of aliphatic hydroxyl groups is 1. The lowest BCUT2D eigenvalue weighted by atomic mass is 10.0. The molecule has 2 aromatic rings. The van der Waals surface area contributed by atoms with Gasteiger partial charge in [-0.2, -0.15) is 0 Å². The molecular weight excluding hydrogens is 304 g/mol. The molecule has 0 saturated carbocycles. The third kappa shape index (κ3) is 5.10. The average Bonchev–Trinajstić information content (AvgIpc) is 2.60. The molecule has 0 fully saturated rings. The molecule has 0 aliphatic heterocycles. The van der Waals surface area contributed by atoms with Crippen LogP contribution < -0.4 is 4.74 Å². The Morgan fingerprint density at radius 1 is 1.21 bits per heavy atom. The molecule has 0 aliphatic rings. The third-order valence-electron chi connectivity index (χ3n) is 4.06. The normalized spacial score (nSPS) is 13.0. The third-order valence-corrected chi connectivity index (χ3v) is 4.06. The number of carboxylic acid groups (broad SMARTS) is 1. The maximum atomic E-state index is 10.8. The van der Waals surface area contributed by atoms with Gasteiger partial charge in [0, 0.05) is 5.39 Å². The fraction of sp³-hybridized carbons (Fsp3) is 0.350. The van der Waals surface area contributed by atoms with Crippen molar-refractivity contribution in [2.75, 3.05) is 13.2 Å². The van der Waals surface area contributed by atoms with Crippen molar-refractivity contribution in [3.05, 3.63) is 54.1 Å². The van der Waals surface area contributed by atoms with Crippen LogP contribution in [-0.4, -0.2) is 29.4 Å². The van der Waals surface area contributed by atoms with Gasteiger partial charge in [-0.05, 0) is 36.3 Å². The monoisotopic (exact) mass is 328 g/mol. The minimum atomic E-state index is -0.763. The van der Waals surface area contributed by atoms with Gasteiger partial charge in [-0.25, -0.2) is 0 Å². The van der Waals surface area contributed by atoms with Gasteiger partial charge < -0.3 is 14.9 Å². The van der Waals surface area contributed by atoms with Crippen molar-refractivity contribution in [3.63, 3.8) is 0 Å². The minimum Gasteiger partial charge on any atom is -0.489 e. The number of unbranched alkanes of at least 4 members (excludes halogenated alkanes) is 1. The molecule has 2 rings (SSSR count). The van der Waals surface area contributed by atoms with E-state index in [-0.39, 0.29) is 12.5 Å². The summed E-state index contributed by atoms with van der Waals surface area (Å²) >= 11 is 0. The van der Waals surface area contributed by atoms with Gasteiger partial charge in [-0.1, -0.05) is 49.4 Å². The van der Waals surface area contributed by atoms with Crippen LogP contribution in [0.4, 0.5) is 0 Å². The summed E-state index contributed by atoms with van der Waals surface area (Å²) in [4.78, 5) is 10.8. The van der Waals surface area contributed by atoms with Crippen LogP contribution in [-0.2, 0) is 4.79 Å². The first kappa shape index (κ1) is 18.0. The van der Waals surface area contributed by atoms with Crippen LogP contribution in [0.25, 0.3) is 10.8 Å². The number of carbonyl (C=O) groups is 1. The molecule has 1 unspecified atom stereocenters. The fourth-order valence-corrected chi connectivity index (χ4v) is 2.51. The molecule has 128 valence electrons. The standard InChI is InChI=1S/C20H24O4/c1-15(20(22)23)7-2-3-8-16(13-21)14-24-19-12-6-10-17-9-4-5-11-18(17)19/h4-6,8-12,15,21H,2-3,7,13-14H2,1H3,(H,22,23). The fourth-order valence-electron chi connectivity index (χ4n) is 2.51. The number of ether oxygens (including phenoxy) is 1.